The number of ether oxygens (including phenoxy) is 1. The Kier molecular flexibility index (Phi) is 6.44. The molecule has 0 bridgehead atoms. The first kappa shape index (κ1) is 18.5. The highest BCUT2D eigenvalue weighted by molar-refractivity contribution is 5.44. The second-order valence-electron chi connectivity index (χ2n) is 6.94. The molecule has 0 aliphatic carbocycles. The van der Waals surface area contributed by atoms with E-state index < -0.39 is 0 Å². The maximum atomic E-state index is 6.13. The van der Waals surface area contributed by atoms with Crippen molar-refractivity contribution in [3.8, 4) is 5.75 Å². The first-order chi connectivity index (χ1) is 11.5. The highest BCUT2D eigenvalue weighted by Crippen LogP contribution is 2.32. The minimum absolute atomic E-state index is 0.274. The number of aryl methyl sites for hydroxylation is 2. The molecule has 1 atom stereocenters. The van der Waals surface area contributed by atoms with Gasteiger partial charge in [0.2, 0.25) is 0 Å². The fraction of sp³-hybridized carbons (Fsp3) is 0.455. The number of rotatable bonds is 7. The quantitative estimate of drug-likeness (QED) is 0.767. The Balaban J connectivity index is 2.29. The third kappa shape index (κ3) is 4.39. The standard InChI is InChI=1S/C22H31NO/c1-6-24-22-12-17(5)16(4)11-21(22)20(14-23)13-18-7-9-19(10-8-18)15(2)3/h7-12,15,20H,6,13-14,23H2,1-5H3. The number of benzene rings is 2. The van der Waals surface area contributed by atoms with Crippen molar-refractivity contribution in [2.24, 2.45) is 5.73 Å². The third-order valence-electron chi connectivity index (χ3n) is 4.78. The average Bonchev–Trinajstić information content (AvgIpc) is 2.56. The normalized spacial score (nSPS) is 12.5. The summed E-state index contributed by atoms with van der Waals surface area (Å²) in [4.78, 5) is 0. The molecule has 0 amide bonds. The molecule has 2 nitrogen and oxygen atoms in total. The van der Waals surface area contributed by atoms with Gasteiger partial charge in [-0.3, -0.25) is 0 Å². The van der Waals surface area contributed by atoms with E-state index in [0.717, 1.165) is 12.2 Å². The zero-order valence-corrected chi connectivity index (χ0v) is 15.7. The molecule has 24 heavy (non-hydrogen) atoms. The Hall–Kier alpha value is -1.80. The van der Waals surface area contributed by atoms with E-state index in [9.17, 15) is 0 Å². The summed E-state index contributed by atoms with van der Waals surface area (Å²) >= 11 is 0. The number of hydrogen-bond acceptors (Lipinski definition) is 2. The molecule has 2 aromatic rings. The maximum absolute atomic E-state index is 6.13. The smallest absolute Gasteiger partial charge is 0.123 e. The van der Waals surface area contributed by atoms with Gasteiger partial charge >= 0.3 is 0 Å². The van der Waals surface area contributed by atoms with Gasteiger partial charge < -0.3 is 10.5 Å². The van der Waals surface area contributed by atoms with E-state index in [1.165, 1.54) is 27.8 Å². The van der Waals surface area contributed by atoms with Crippen LogP contribution < -0.4 is 10.5 Å². The first-order valence-electron chi connectivity index (χ1n) is 8.99. The Morgan fingerprint density at radius 3 is 2.17 bits per heavy atom. The van der Waals surface area contributed by atoms with Crippen molar-refractivity contribution < 1.29 is 4.74 Å². The van der Waals surface area contributed by atoms with Crippen LogP contribution in [0.4, 0.5) is 0 Å². The van der Waals surface area contributed by atoms with Crippen molar-refractivity contribution >= 4 is 0 Å². The van der Waals surface area contributed by atoms with Crippen LogP contribution in [0.1, 0.15) is 60.4 Å². The molecule has 0 fully saturated rings. The van der Waals surface area contributed by atoms with E-state index in [-0.39, 0.29) is 5.92 Å². The maximum Gasteiger partial charge on any atom is 0.123 e. The van der Waals surface area contributed by atoms with Gasteiger partial charge in [-0.25, -0.2) is 0 Å². The van der Waals surface area contributed by atoms with Crippen LogP contribution in [0, 0.1) is 13.8 Å². The van der Waals surface area contributed by atoms with Gasteiger partial charge in [0.15, 0.2) is 0 Å². The van der Waals surface area contributed by atoms with Gasteiger partial charge in [-0.1, -0.05) is 44.2 Å². The summed E-state index contributed by atoms with van der Waals surface area (Å²) in [5.74, 6) is 1.82. The van der Waals surface area contributed by atoms with Crippen LogP contribution in [0.25, 0.3) is 0 Å². The highest BCUT2D eigenvalue weighted by Gasteiger charge is 2.17. The zero-order valence-electron chi connectivity index (χ0n) is 15.7. The first-order valence-corrected chi connectivity index (χ1v) is 8.99. The minimum Gasteiger partial charge on any atom is -0.494 e. The van der Waals surface area contributed by atoms with Gasteiger partial charge in [0.1, 0.15) is 5.75 Å². The SMILES string of the molecule is CCOc1cc(C)c(C)cc1C(CN)Cc1ccc(C(C)C)cc1. The van der Waals surface area contributed by atoms with Crippen LogP contribution in [0.3, 0.4) is 0 Å². The Bertz CT molecular complexity index is 658. The van der Waals surface area contributed by atoms with Gasteiger partial charge in [0, 0.05) is 5.92 Å². The molecule has 0 aliphatic heterocycles. The van der Waals surface area contributed by atoms with Gasteiger partial charge in [0.05, 0.1) is 6.61 Å². The van der Waals surface area contributed by atoms with Crippen LogP contribution in [0.2, 0.25) is 0 Å². The summed E-state index contributed by atoms with van der Waals surface area (Å²) in [5.41, 5.74) is 12.6. The van der Waals surface area contributed by atoms with Gasteiger partial charge in [-0.15, -0.1) is 0 Å². The van der Waals surface area contributed by atoms with Crippen molar-refractivity contribution in [2.45, 2.75) is 52.9 Å². The lowest BCUT2D eigenvalue weighted by atomic mass is 9.88. The molecule has 2 aromatic carbocycles. The van der Waals surface area contributed by atoms with Crippen LogP contribution in [-0.2, 0) is 6.42 Å². The lowest BCUT2D eigenvalue weighted by molar-refractivity contribution is 0.333. The van der Waals surface area contributed by atoms with Crippen LogP contribution in [0.5, 0.6) is 5.75 Å². The topological polar surface area (TPSA) is 35.2 Å². The molecule has 0 aromatic heterocycles. The fourth-order valence-corrected chi connectivity index (χ4v) is 3.05. The summed E-state index contributed by atoms with van der Waals surface area (Å²) in [6.45, 7) is 12.1. The largest absolute Gasteiger partial charge is 0.494 e. The second kappa shape index (κ2) is 8.34. The van der Waals surface area contributed by atoms with E-state index in [1.54, 1.807) is 0 Å². The lowest BCUT2D eigenvalue weighted by Gasteiger charge is -2.21. The summed E-state index contributed by atoms with van der Waals surface area (Å²) < 4.78 is 5.89. The summed E-state index contributed by atoms with van der Waals surface area (Å²) in [6.07, 6.45) is 0.942. The highest BCUT2D eigenvalue weighted by atomic mass is 16.5. The van der Waals surface area contributed by atoms with E-state index in [2.05, 4.69) is 64.1 Å². The number of hydrogen-bond donors (Lipinski definition) is 1. The predicted molar refractivity (Wildman–Crippen MR) is 103 cm³/mol. The molecule has 0 spiro atoms. The molecule has 2 rings (SSSR count). The van der Waals surface area contributed by atoms with Crippen molar-refractivity contribution in [3.05, 3.63) is 64.2 Å². The molecule has 130 valence electrons. The van der Waals surface area contributed by atoms with Gasteiger partial charge in [0.25, 0.3) is 0 Å². The van der Waals surface area contributed by atoms with E-state index in [4.69, 9.17) is 10.5 Å². The molecule has 0 aliphatic rings. The monoisotopic (exact) mass is 325 g/mol. The van der Waals surface area contributed by atoms with E-state index in [0.29, 0.717) is 19.1 Å². The average molecular weight is 325 g/mol. The molecule has 2 heteroatoms. The second-order valence-corrected chi connectivity index (χ2v) is 6.94. The molecule has 2 N–H and O–H groups in total. The molecule has 0 heterocycles. The zero-order chi connectivity index (χ0) is 17.7. The lowest BCUT2D eigenvalue weighted by Crippen LogP contribution is -2.17. The van der Waals surface area contributed by atoms with E-state index >= 15 is 0 Å². The summed E-state index contributed by atoms with van der Waals surface area (Å²) in [6, 6.07) is 13.3. The Morgan fingerprint density at radius 1 is 1.00 bits per heavy atom. The summed E-state index contributed by atoms with van der Waals surface area (Å²) in [7, 11) is 0. The third-order valence-corrected chi connectivity index (χ3v) is 4.78. The van der Waals surface area contributed by atoms with Crippen LogP contribution in [0.15, 0.2) is 36.4 Å². The number of nitrogens with two attached hydrogens (primary N) is 1. The van der Waals surface area contributed by atoms with Crippen molar-refractivity contribution in [2.75, 3.05) is 13.2 Å². The Labute approximate surface area is 147 Å². The van der Waals surface area contributed by atoms with Gasteiger partial charge in [-0.2, -0.15) is 0 Å². The minimum atomic E-state index is 0.274. The van der Waals surface area contributed by atoms with Crippen molar-refractivity contribution in [1.82, 2.24) is 0 Å². The van der Waals surface area contributed by atoms with Crippen LogP contribution >= 0.6 is 0 Å². The van der Waals surface area contributed by atoms with Crippen LogP contribution in [-0.4, -0.2) is 13.2 Å². The molecule has 0 saturated heterocycles. The van der Waals surface area contributed by atoms with Crippen molar-refractivity contribution in [1.29, 1.82) is 0 Å². The molecule has 0 radical (unpaired) electrons. The van der Waals surface area contributed by atoms with Gasteiger partial charge in [-0.05, 0) is 73.5 Å². The summed E-state index contributed by atoms with van der Waals surface area (Å²) in [5, 5.41) is 0. The molecule has 0 saturated carbocycles. The predicted octanol–water partition coefficient (Wildman–Crippen LogP) is 5.11. The fourth-order valence-electron chi connectivity index (χ4n) is 3.05. The van der Waals surface area contributed by atoms with Crippen molar-refractivity contribution in [3.63, 3.8) is 0 Å². The molecule has 1 unspecified atom stereocenters. The van der Waals surface area contributed by atoms with E-state index in [1.807, 2.05) is 6.92 Å². The molecular formula is C22H31NO. The Morgan fingerprint density at radius 2 is 1.62 bits per heavy atom. The molecular weight excluding hydrogens is 294 g/mol.